The molecular formula is C25H34FN3O4S. The molecular weight excluding hydrogens is 457 g/mol. The monoisotopic (exact) mass is 491 g/mol. The minimum Gasteiger partial charge on any atom is -0.369 e. The zero-order valence-electron chi connectivity index (χ0n) is 19.8. The Bertz CT molecular complexity index is 1120. The second kappa shape index (κ2) is 8.01. The number of carbonyl (C=O) groups is 2. The van der Waals surface area contributed by atoms with Crippen LogP contribution in [-0.4, -0.2) is 42.7 Å². The maximum Gasteiger partial charge on any atom is 0.244 e. The Labute approximate surface area is 200 Å². The molecule has 0 spiro atoms. The number of sulfonamides is 1. The fourth-order valence-electron chi connectivity index (χ4n) is 7.18. The average Bonchev–Trinajstić information content (AvgIpc) is 3.57. The van der Waals surface area contributed by atoms with Gasteiger partial charge < -0.3 is 11.1 Å². The molecule has 0 aliphatic heterocycles. The van der Waals surface area contributed by atoms with Gasteiger partial charge in [0.1, 0.15) is 11.4 Å². The Morgan fingerprint density at radius 2 is 1.82 bits per heavy atom. The minimum absolute atomic E-state index is 0.0583. The highest BCUT2D eigenvalue weighted by Gasteiger charge is 2.62. The molecule has 1 aromatic rings. The molecule has 3 N–H and O–H groups in total. The molecule has 4 bridgehead atoms. The predicted molar refractivity (Wildman–Crippen MR) is 124 cm³/mol. The number of nitrogens with one attached hydrogen (secondary N) is 1. The van der Waals surface area contributed by atoms with E-state index in [-0.39, 0.29) is 41.1 Å². The van der Waals surface area contributed by atoms with Gasteiger partial charge in [0.2, 0.25) is 21.8 Å². The van der Waals surface area contributed by atoms with Crippen LogP contribution in [0.25, 0.3) is 0 Å². The first-order valence-corrected chi connectivity index (χ1v) is 13.9. The Hall–Kier alpha value is -2.00. The minimum atomic E-state index is -4.05. The predicted octanol–water partition coefficient (Wildman–Crippen LogP) is 2.86. The van der Waals surface area contributed by atoms with Crippen LogP contribution in [0.1, 0.15) is 63.9 Å². The number of amides is 2. The summed E-state index contributed by atoms with van der Waals surface area (Å²) in [5, 5.41) is 3.23. The molecule has 9 heteroatoms. The van der Waals surface area contributed by atoms with Crippen LogP contribution in [0.4, 0.5) is 4.39 Å². The number of primary amides is 1. The van der Waals surface area contributed by atoms with Gasteiger partial charge in [-0.1, -0.05) is 13.0 Å². The van der Waals surface area contributed by atoms with E-state index in [1.165, 1.54) is 16.4 Å². The van der Waals surface area contributed by atoms with Crippen LogP contribution in [0.15, 0.2) is 23.1 Å². The van der Waals surface area contributed by atoms with Crippen molar-refractivity contribution >= 4 is 21.8 Å². The number of carbonyl (C=O) groups excluding carboxylic acids is 2. The molecule has 0 radical (unpaired) electrons. The van der Waals surface area contributed by atoms with Gasteiger partial charge in [-0.15, -0.1) is 0 Å². The molecule has 2 amide bonds. The molecule has 0 heterocycles. The van der Waals surface area contributed by atoms with Crippen molar-refractivity contribution in [1.82, 2.24) is 9.62 Å². The number of benzene rings is 1. The van der Waals surface area contributed by atoms with Crippen molar-refractivity contribution < 1.29 is 22.4 Å². The molecule has 6 rings (SSSR count). The van der Waals surface area contributed by atoms with Crippen LogP contribution in [-0.2, 0) is 19.6 Å². The first-order chi connectivity index (χ1) is 16.0. The van der Waals surface area contributed by atoms with E-state index in [0.717, 1.165) is 25.3 Å². The van der Waals surface area contributed by atoms with Gasteiger partial charge in [0, 0.05) is 18.0 Å². The van der Waals surface area contributed by atoms with Crippen molar-refractivity contribution in [1.29, 1.82) is 0 Å². The summed E-state index contributed by atoms with van der Waals surface area (Å²) in [6.45, 7) is 3.64. The highest BCUT2D eigenvalue weighted by Crippen LogP contribution is 2.60. The van der Waals surface area contributed by atoms with Gasteiger partial charge in [0.05, 0.1) is 4.90 Å². The number of nitrogens with zero attached hydrogens (tertiary/aromatic N) is 1. The normalized spacial score (nSPS) is 33.2. The lowest BCUT2D eigenvalue weighted by molar-refractivity contribution is -0.148. The number of hydrogen-bond acceptors (Lipinski definition) is 4. The lowest BCUT2D eigenvalue weighted by Gasteiger charge is -2.59. The third-order valence-electron chi connectivity index (χ3n) is 8.88. The van der Waals surface area contributed by atoms with E-state index in [2.05, 4.69) is 5.32 Å². The molecule has 1 aromatic carbocycles. The summed E-state index contributed by atoms with van der Waals surface area (Å²) in [7, 11) is -4.05. The van der Waals surface area contributed by atoms with Crippen molar-refractivity contribution in [2.24, 2.45) is 28.9 Å². The molecule has 186 valence electrons. The van der Waals surface area contributed by atoms with Crippen molar-refractivity contribution in [3.05, 3.63) is 29.6 Å². The zero-order valence-corrected chi connectivity index (χ0v) is 20.7. The summed E-state index contributed by atoms with van der Waals surface area (Å²) < 4.78 is 42.6. The summed E-state index contributed by atoms with van der Waals surface area (Å²) in [5.74, 6) is -0.198. The number of halogens is 1. The smallest absolute Gasteiger partial charge is 0.244 e. The number of hydrogen-bond donors (Lipinski definition) is 2. The van der Waals surface area contributed by atoms with Gasteiger partial charge in [-0.2, -0.15) is 4.31 Å². The molecule has 5 fully saturated rings. The molecule has 5 saturated carbocycles. The van der Waals surface area contributed by atoms with E-state index in [4.69, 9.17) is 5.73 Å². The van der Waals surface area contributed by atoms with Crippen LogP contribution in [0.3, 0.4) is 0 Å². The fourth-order valence-corrected chi connectivity index (χ4v) is 9.08. The van der Waals surface area contributed by atoms with Crippen LogP contribution >= 0.6 is 0 Å². The lowest BCUT2D eigenvalue weighted by Crippen LogP contribution is -2.64. The third kappa shape index (κ3) is 3.58. The molecule has 0 aromatic heterocycles. The maximum absolute atomic E-state index is 14.2. The van der Waals surface area contributed by atoms with Gasteiger partial charge >= 0.3 is 0 Å². The number of aryl methyl sites for hydroxylation is 1. The molecule has 0 saturated heterocycles. The fraction of sp³-hybridized carbons (Fsp3) is 0.680. The summed E-state index contributed by atoms with van der Waals surface area (Å²) in [6, 6.07) is 3.85. The van der Waals surface area contributed by atoms with E-state index in [0.29, 0.717) is 43.6 Å². The van der Waals surface area contributed by atoms with E-state index in [9.17, 15) is 22.4 Å². The van der Waals surface area contributed by atoms with Gasteiger partial charge in [-0.3, -0.25) is 9.59 Å². The highest BCUT2D eigenvalue weighted by molar-refractivity contribution is 7.89. The molecule has 2 atom stereocenters. The zero-order chi connectivity index (χ0) is 24.5. The van der Waals surface area contributed by atoms with Gasteiger partial charge in [0.15, 0.2) is 0 Å². The first-order valence-electron chi connectivity index (χ1n) is 12.4. The topological polar surface area (TPSA) is 110 Å². The van der Waals surface area contributed by atoms with E-state index < -0.39 is 26.8 Å². The first kappa shape index (κ1) is 23.7. The molecule has 2 unspecified atom stereocenters. The molecule has 7 nitrogen and oxygen atoms in total. The largest absolute Gasteiger partial charge is 0.369 e. The quantitative estimate of drug-likeness (QED) is 0.583. The number of rotatable bonds is 8. The van der Waals surface area contributed by atoms with E-state index >= 15 is 0 Å². The van der Waals surface area contributed by atoms with Crippen LogP contribution in [0, 0.1) is 35.9 Å². The van der Waals surface area contributed by atoms with Crippen molar-refractivity contribution in [2.75, 3.05) is 6.54 Å². The van der Waals surface area contributed by atoms with Crippen LogP contribution < -0.4 is 11.1 Å². The second-order valence-corrected chi connectivity index (χ2v) is 13.0. The highest BCUT2D eigenvalue weighted by atomic mass is 32.2. The van der Waals surface area contributed by atoms with E-state index in [1.54, 1.807) is 6.92 Å². The van der Waals surface area contributed by atoms with Crippen LogP contribution in [0.5, 0.6) is 0 Å². The third-order valence-corrected chi connectivity index (χ3v) is 10.8. The van der Waals surface area contributed by atoms with Crippen molar-refractivity contribution in [3.8, 4) is 0 Å². The SMILES string of the molecule is CCCN(C1(C(=O)NC2C3CC4CC2CC(C(N)=O)(C4)C3)CC1)S(=O)(=O)c1ccc(C)c(F)c1. The maximum atomic E-state index is 14.2. The summed E-state index contributed by atoms with van der Waals surface area (Å²) >= 11 is 0. The van der Waals surface area contributed by atoms with Crippen molar-refractivity contribution in [3.63, 3.8) is 0 Å². The Kier molecular flexibility index (Phi) is 5.59. The van der Waals surface area contributed by atoms with Crippen LogP contribution in [0.2, 0.25) is 0 Å². The van der Waals surface area contributed by atoms with Gasteiger partial charge in [0.25, 0.3) is 0 Å². The molecule has 34 heavy (non-hydrogen) atoms. The molecule has 5 aliphatic rings. The summed E-state index contributed by atoms with van der Waals surface area (Å²) in [4.78, 5) is 25.8. The summed E-state index contributed by atoms with van der Waals surface area (Å²) in [5.41, 5.74) is 4.58. The molecule has 5 aliphatic carbocycles. The lowest BCUT2D eigenvalue weighted by atomic mass is 9.47. The Balaban J connectivity index is 1.39. The summed E-state index contributed by atoms with van der Waals surface area (Å²) in [6.07, 6.45) is 5.65. The second-order valence-electron chi connectivity index (χ2n) is 11.1. The Morgan fingerprint density at radius 1 is 1.18 bits per heavy atom. The van der Waals surface area contributed by atoms with Gasteiger partial charge in [-0.05, 0) is 93.7 Å². The average molecular weight is 492 g/mol. The van der Waals surface area contributed by atoms with Gasteiger partial charge in [-0.25, -0.2) is 12.8 Å². The Morgan fingerprint density at radius 3 is 2.35 bits per heavy atom. The number of nitrogens with two attached hydrogens (primary N) is 1. The van der Waals surface area contributed by atoms with E-state index in [1.807, 2.05) is 6.92 Å². The van der Waals surface area contributed by atoms with Crippen molar-refractivity contribution in [2.45, 2.75) is 81.7 Å². The standard InChI is InChI=1S/C25H34FN3O4S/c1-3-8-29(34(32,33)19-5-4-15(2)20(26)11-19)25(6-7-25)23(31)28-21-17-9-16-10-18(21)14-24(12-16,13-17)22(27)30/h4-5,11,16-18,21H,3,6-10,12-14H2,1-2H3,(H2,27,30)(H,28,31).